The number of rotatable bonds is 3. The first-order valence-electron chi connectivity index (χ1n) is 4.29. The summed E-state index contributed by atoms with van der Waals surface area (Å²) >= 11 is 0. The van der Waals surface area contributed by atoms with Gasteiger partial charge in [0.2, 0.25) is 15.9 Å². The SMILES string of the molecule is CS(=O)(=O)NCC(=O)N1CCOCC1. The normalized spacial score (nSPS) is 18.2. The molecule has 0 saturated carbocycles. The molecule has 1 rings (SSSR count). The number of nitrogens with zero attached hydrogens (tertiary/aromatic N) is 1. The van der Waals surface area contributed by atoms with Crippen LogP contribution in [-0.2, 0) is 19.6 Å². The zero-order valence-corrected chi connectivity index (χ0v) is 8.84. The van der Waals surface area contributed by atoms with Crippen LogP contribution < -0.4 is 4.72 Å². The van der Waals surface area contributed by atoms with Crippen molar-refractivity contribution in [1.82, 2.24) is 9.62 Å². The molecule has 1 fully saturated rings. The highest BCUT2D eigenvalue weighted by Gasteiger charge is 2.17. The molecule has 0 unspecified atom stereocenters. The Balaban J connectivity index is 2.34. The van der Waals surface area contributed by atoms with Crippen molar-refractivity contribution < 1.29 is 17.9 Å². The fourth-order valence-electron chi connectivity index (χ4n) is 1.12. The summed E-state index contributed by atoms with van der Waals surface area (Å²) in [4.78, 5) is 13.0. The number of sulfonamides is 1. The van der Waals surface area contributed by atoms with Crippen LogP contribution in [0.25, 0.3) is 0 Å². The predicted molar refractivity (Wildman–Crippen MR) is 50.2 cm³/mol. The lowest BCUT2D eigenvalue weighted by atomic mass is 10.4. The molecule has 0 aromatic rings. The first-order chi connectivity index (χ1) is 6.49. The summed E-state index contributed by atoms with van der Waals surface area (Å²) in [5.74, 6) is -0.210. The van der Waals surface area contributed by atoms with E-state index in [1.54, 1.807) is 4.90 Å². The molecule has 0 bridgehead atoms. The van der Waals surface area contributed by atoms with Crippen molar-refractivity contribution in [2.24, 2.45) is 0 Å². The third-order valence-electron chi connectivity index (χ3n) is 1.85. The predicted octanol–water partition coefficient (Wildman–Crippen LogP) is -1.61. The first-order valence-corrected chi connectivity index (χ1v) is 6.18. The van der Waals surface area contributed by atoms with Crippen molar-refractivity contribution in [2.45, 2.75) is 0 Å². The van der Waals surface area contributed by atoms with E-state index in [0.29, 0.717) is 26.3 Å². The highest BCUT2D eigenvalue weighted by Crippen LogP contribution is 1.96. The van der Waals surface area contributed by atoms with Crippen molar-refractivity contribution in [3.63, 3.8) is 0 Å². The summed E-state index contributed by atoms with van der Waals surface area (Å²) < 4.78 is 28.6. The number of carbonyl (C=O) groups excluding carboxylic acids is 1. The van der Waals surface area contributed by atoms with Gasteiger partial charge in [0, 0.05) is 13.1 Å². The molecule has 1 aliphatic rings. The Morgan fingerprint density at radius 2 is 2.00 bits per heavy atom. The average Bonchev–Trinajstić information content (AvgIpc) is 2.14. The van der Waals surface area contributed by atoms with Gasteiger partial charge in [-0.2, -0.15) is 0 Å². The van der Waals surface area contributed by atoms with Gasteiger partial charge in [0.15, 0.2) is 0 Å². The fraction of sp³-hybridized carbons (Fsp3) is 0.857. The van der Waals surface area contributed by atoms with Gasteiger partial charge in [-0.25, -0.2) is 13.1 Å². The number of nitrogens with one attached hydrogen (secondary N) is 1. The van der Waals surface area contributed by atoms with Crippen molar-refractivity contribution in [3.8, 4) is 0 Å². The van der Waals surface area contributed by atoms with Gasteiger partial charge >= 0.3 is 0 Å². The van der Waals surface area contributed by atoms with Crippen LogP contribution in [0.1, 0.15) is 0 Å². The van der Waals surface area contributed by atoms with Gasteiger partial charge in [0.1, 0.15) is 0 Å². The summed E-state index contributed by atoms with van der Waals surface area (Å²) in [6.07, 6.45) is 1.03. The maximum atomic E-state index is 11.4. The van der Waals surface area contributed by atoms with Gasteiger partial charge in [0.05, 0.1) is 26.0 Å². The lowest BCUT2D eigenvalue weighted by Crippen LogP contribution is -2.45. The minimum Gasteiger partial charge on any atom is -0.378 e. The second-order valence-electron chi connectivity index (χ2n) is 3.09. The summed E-state index contributed by atoms with van der Waals surface area (Å²) in [6, 6.07) is 0. The number of morpholine rings is 1. The van der Waals surface area contributed by atoms with E-state index in [-0.39, 0.29) is 12.5 Å². The molecule has 1 aliphatic heterocycles. The largest absolute Gasteiger partial charge is 0.378 e. The minimum atomic E-state index is -3.29. The quantitative estimate of drug-likeness (QED) is 0.623. The molecular weight excluding hydrogens is 208 g/mol. The Labute approximate surface area is 83.3 Å². The zero-order valence-electron chi connectivity index (χ0n) is 8.02. The molecule has 0 atom stereocenters. The fourth-order valence-corrected chi connectivity index (χ4v) is 1.50. The van der Waals surface area contributed by atoms with Crippen LogP contribution in [0, 0.1) is 0 Å². The van der Waals surface area contributed by atoms with Crippen LogP contribution >= 0.6 is 0 Å². The minimum absolute atomic E-state index is 0.168. The molecule has 1 heterocycles. The van der Waals surface area contributed by atoms with E-state index in [9.17, 15) is 13.2 Å². The van der Waals surface area contributed by atoms with Crippen LogP contribution in [0.4, 0.5) is 0 Å². The van der Waals surface area contributed by atoms with E-state index in [1.165, 1.54) is 0 Å². The third-order valence-corrected chi connectivity index (χ3v) is 2.52. The van der Waals surface area contributed by atoms with E-state index >= 15 is 0 Å². The van der Waals surface area contributed by atoms with Crippen molar-refractivity contribution >= 4 is 15.9 Å². The first kappa shape index (κ1) is 11.4. The smallest absolute Gasteiger partial charge is 0.237 e. The van der Waals surface area contributed by atoms with Crippen LogP contribution in [-0.4, -0.2) is 58.3 Å². The highest BCUT2D eigenvalue weighted by molar-refractivity contribution is 7.88. The number of hydrogen-bond acceptors (Lipinski definition) is 4. The second kappa shape index (κ2) is 4.72. The van der Waals surface area contributed by atoms with Crippen molar-refractivity contribution in [3.05, 3.63) is 0 Å². The lowest BCUT2D eigenvalue weighted by molar-refractivity contribution is -0.133. The van der Waals surface area contributed by atoms with Crippen molar-refractivity contribution in [2.75, 3.05) is 39.1 Å². The molecule has 0 spiro atoms. The van der Waals surface area contributed by atoms with E-state index < -0.39 is 10.0 Å². The van der Waals surface area contributed by atoms with Gasteiger partial charge in [-0.1, -0.05) is 0 Å². The van der Waals surface area contributed by atoms with Crippen LogP contribution in [0.2, 0.25) is 0 Å². The van der Waals surface area contributed by atoms with Crippen molar-refractivity contribution in [1.29, 1.82) is 0 Å². The molecule has 0 aromatic heterocycles. The topological polar surface area (TPSA) is 75.7 Å². The number of hydrogen-bond donors (Lipinski definition) is 1. The van der Waals surface area contributed by atoms with Gasteiger partial charge in [0.25, 0.3) is 0 Å². The van der Waals surface area contributed by atoms with Gasteiger partial charge in [-0.15, -0.1) is 0 Å². The average molecular weight is 222 g/mol. The lowest BCUT2D eigenvalue weighted by Gasteiger charge is -2.26. The summed E-state index contributed by atoms with van der Waals surface area (Å²) in [5, 5.41) is 0. The molecule has 1 amide bonds. The van der Waals surface area contributed by atoms with E-state index in [4.69, 9.17) is 4.74 Å². The monoisotopic (exact) mass is 222 g/mol. The van der Waals surface area contributed by atoms with Crippen LogP contribution in [0.15, 0.2) is 0 Å². The number of amides is 1. The van der Waals surface area contributed by atoms with Crippen LogP contribution in [0.5, 0.6) is 0 Å². The molecule has 1 N–H and O–H groups in total. The molecule has 6 nitrogen and oxygen atoms in total. The van der Waals surface area contributed by atoms with E-state index in [0.717, 1.165) is 6.26 Å². The Morgan fingerprint density at radius 3 is 2.50 bits per heavy atom. The zero-order chi connectivity index (χ0) is 10.6. The molecule has 14 heavy (non-hydrogen) atoms. The van der Waals surface area contributed by atoms with Gasteiger partial charge in [-0.3, -0.25) is 4.79 Å². The molecule has 1 saturated heterocycles. The Bertz CT molecular complexity index is 295. The number of carbonyl (C=O) groups is 1. The standard InChI is InChI=1S/C7H14N2O4S/c1-14(11,12)8-6-7(10)9-2-4-13-5-3-9/h8H,2-6H2,1H3. The molecule has 7 heteroatoms. The maximum Gasteiger partial charge on any atom is 0.237 e. The highest BCUT2D eigenvalue weighted by atomic mass is 32.2. The second-order valence-corrected chi connectivity index (χ2v) is 4.92. The van der Waals surface area contributed by atoms with Gasteiger partial charge < -0.3 is 9.64 Å². The molecule has 0 radical (unpaired) electrons. The third kappa shape index (κ3) is 4.03. The van der Waals surface area contributed by atoms with E-state index in [2.05, 4.69) is 4.72 Å². The Hall–Kier alpha value is -0.660. The Kier molecular flexibility index (Phi) is 3.85. The molecular formula is C7H14N2O4S. The van der Waals surface area contributed by atoms with Gasteiger partial charge in [-0.05, 0) is 0 Å². The molecule has 0 aliphatic carbocycles. The Morgan fingerprint density at radius 1 is 1.43 bits per heavy atom. The maximum absolute atomic E-state index is 11.4. The molecule has 82 valence electrons. The van der Waals surface area contributed by atoms with Crippen LogP contribution in [0.3, 0.4) is 0 Å². The summed E-state index contributed by atoms with van der Waals surface area (Å²) in [7, 11) is -3.29. The number of ether oxygens (including phenoxy) is 1. The summed E-state index contributed by atoms with van der Waals surface area (Å²) in [5.41, 5.74) is 0. The van der Waals surface area contributed by atoms with E-state index in [1.807, 2.05) is 0 Å². The molecule has 0 aromatic carbocycles. The summed E-state index contributed by atoms with van der Waals surface area (Å²) in [6.45, 7) is 1.93.